The van der Waals surface area contributed by atoms with Gasteiger partial charge in [-0.3, -0.25) is 5.32 Å². The Morgan fingerprint density at radius 1 is 0.926 bits per heavy atom. The Morgan fingerprint density at radius 3 is 2.19 bits per heavy atom. The summed E-state index contributed by atoms with van der Waals surface area (Å²) < 4.78 is 9.89. The molecule has 3 rings (SSSR count). The number of nitrogens with two attached hydrogens (primary N) is 1. The van der Waals surface area contributed by atoms with Crippen molar-refractivity contribution in [1.29, 1.82) is 0 Å². The Kier molecular flexibility index (Phi) is 5.68. The van der Waals surface area contributed by atoms with Gasteiger partial charge in [0.25, 0.3) is 0 Å². The summed E-state index contributed by atoms with van der Waals surface area (Å²) in [5.41, 5.74) is 8.56. The standard InChI is InChI=1S/C21H20N2O4/c1-26-20(24)16-6-8-19(9-7-16)23-21(25)27-13-15-3-5-17-10-14(12-22)2-4-18(17)11-15/h2-11H,12-13,22H2,1H3,(H,23,25). The lowest BCUT2D eigenvalue weighted by atomic mass is 10.0. The maximum Gasteiger partial charge on any atom is 0.411 e. The van der Waals surface area contributed by atoms with Crippen LogP contribution in [0, 0.1) is 0 Å². The van der Waals surface area contributed by atoms with Crippen molar-refractivity contribution in [3.63, 3.8) is 0 Å². The molecule has 138 valence electrons. The third kappa shape index (κ3) is 4.62. The van der Waals surface area contributed by atoms with Crippen LogP contribution in [0.3, 0.4) is 0 Å². The Morgan fingerprint density at radius 2 is 1.56 bits per heavy atom. The van der Waals surface area contributed by atoms with Crippen LogP contribution in [0.2, 0.25) is 0 Å². The number of carbonyl (C=O) groups excluding carboxylic acids is 2. The summed E-state index contributed by atoms with van der Waals surface area (Å²) >= 11 is 0. The lowest BCUT2D eigenvalue weighted by Crippen LogP contribution is -2.13. The SMILES string of the molecule is COC(=O)c1ccc(NC(=O)OCc2ccc3cc(CN)ccc3c2)cc1. The summed E-state index contributed by atoms with van der Waals surface area (Å²) in [5.74, 6) is -0.431. The van der Waals surface area contributed by atoms with Gasteiger partial charge in [0.1, 0.15) is 6.61 Å². The van der Waals surface area contributed by atoms with E-state index in [0.717, 1.165) is 21.9 Å². The lowest BCUT2D eigenvalue weighted by Gasteiger charge is -2.09. The number of ether oxygens (including phenoxy) is 2. The van der Waals surface area contributed by atoms with E-state index in [9.17, 15) is 9.59 Å². The fraction of sp³-hybridized carbons (Fsp3) is 0.143. The fourth-order valence-electron chi connectivity index (χ4n) is 2.67. The zero-order chi connectivity index (χ0) is 19.2. The van der Waals surface area contributed by atoms with Crippen LogP contribution >= 0.6 is 0 Å². The van der Waals surface area contributed by atoms with Gasteiger partial charge in [-0.05, 0) is 58.3 Å². The van der Waals surface area contributed by atoms with Gasteiger partial charge in [0.05, 0.1) is 12.7 Å². The van der Waals surface area contributed by atoms with Gasteiger partial charge < -0.3 is 15.2 Å². The van der Waals surface area contributed by atoms with E-state index in [0.29, 0.717) is 17.8 Å². The number of fused-ring (bicyclic) bond motifs is 1. The highest BCUT2D eigenvalue weighted by Gasteiger charge is 2.07. The summed E-state index contributed by atoms with van der Waals surface area (Å²) in [6, 6.07) is 18.3. The molecule has 1 amide bonds. The first kappa shape index (κ1) is 18.4. The van der Waals surface area contributed by atoms with Crippen LogP contribution in [0.4, 0.5) is 10.5 Å². The number of carbonyl (C=O) groups is 2. The van der Waals surface area contributed by atoms with E-state index < -0.39 is 12.1 Å². The van der Waals surface area contributed by atoms with Gasteiger partial charge in [-0.15, -0.1) is 0 Å². The van der Waals surface area contributed by atoms with Crippen molar-refractivity contribution >= 4 is 28.5 Å². The Balaban J connectivity index is 1.58. The van der Waals surface area contributed by atoms with Gasteiger partial charge in [0.2, 0.25) is 0 Å². The Hall–Kier alpha value is -3.38. The summed E-state index contributed by atoms with van der Waals surface area (Å²) in [7, 11) is 1.32. The molecule has 27 heavy (non-hydrogen) atoms. The van der Waals surface area contributed by atoms with Gasteiger partial charge in [-0.2, -0.15) is 0 Å². The number of esters is 1. The molecule has 0 fully saturated rings. The first-order valence-corrected chi connectivity index (χ1v) is 8.43. The number of nitrogens with one attached hydrogen (secondary N) is 1. The molecular weight excluding hydrogens is 344 g/mol. The number of amides is 1. The third-order valence-electron chi connectivity index (χ3n) is 4.13. The van der Waals surface area contributed by atoms with E-state index in [2.05, 4.69) is 10.1 Å². The number of hydrogen-bond donors (Lipinski definition) is 2. The minimum atomic E-state index is -0.570. The van der Waals surface area contributed by atoms with E-state index in [1.54, 1.807) is 24.3 Å². The molecule has 6 nitrogen and oxygen atoms in total. The predicted molar refractivity (Wildman–Crippen MR) is 103 cm³/mol. The minimum Gasteiger partial charge on any atom is -0.465 e. The van der Waals surface area contributed by atoms with E-state index >= 15 is 0 Å². The summed E-state index contributed by atoms with van der Waals surface area (Å²) in [6.45, 7) is 0.655. The van der Waals surface area contributed by atoms with Crippen molar-refractivity contribution in [2.45, 2.75) is 13.2 Å². The van der Waals surface area contributed by atoms with Gasteiger partial charge in [0, 0.05) is 12.2 Å². The molecule has 0 spiro atoms. The Labute approximate surface area is 156 Å². The van der Waals surface area contributed by atoms with Gasteiger partial charge in [-0.1, -0.05) is 24.3 Å². The number of rotatable bonds is 5. The molecule has 0 aromatic heterocycles. The molecule has 6 heteroatoms. The highest BCUT2D eigenvalue weighted by atomic mass is 16.5. The van der Waals surface area contributed by atoms with E-state index in [4.69, 9.17) is 10.5 Å². The van der Waals surface area contributed by atoms with Crippen LogP contribution in [0.5, 0.6) is 0 Å². The molecule has 0 bridgehead atoms. The van der Waals surface area contributed by atoms with Crippen LogP contribution in [0.25, 0.3) is 10.8 Å². The van der Waals surface area contributed by atoms with E-state index in [1.807, 2.05) is 36.4 Å². The van der Waals surface area contributed by atoms with Crippen LogP contribution in [-0.4, -0.2) is 19.2 Å². The first-order valence-electron chi connectivity index (χ1n) is 8.43. The van der Waals surface area contributed by atoms with Crippen molar-refractivity contribution in [3.05, 3.63) is 77.4 Å². The fourth-order valence-corrected chi connectivity index (χ4v) is 2.67. The normalized spacial score (nSPS) is 10.4. The smallest absolute Gasteiger partial charge is 0.411 e. The van der Waals surface area contributed by atoms with Crippen LogP contribution in [0.15, 0.2) is 60.7 Å². The first-order chi connectivity index (χ1) is 13.1. The molecule has 0 unspecified atom stereocenters. The molecule has 0 radical (unpaired) electrons. The second-order valence-corrected chi connectivity index (χ2v) is 5.99. The zero-order valence-corrected chi connectivity index (χ0v) is 14.9. The van der Waals surface area contributed by atoms with Crippen LogP contribution < -0.4 is 11.1 Å². The van der Waals surface area contributed by atoms with Crippen molar-refractivity contribution in [1.82, 2.24) is 0 Å². The highest BCUT2D eigenvalue weighted by molar-refractivity contribution is 5.91. The second kappa shape index (κ2) is 8.33. The number of anilines is 1. The van der Waals surface area contributed by atoms with Crippen molar-refractivity contribution in [3.8, 4) is 0 Å². The van der Waals surface area contributed by atoms with Gasteiger partial charge in [0.15, 0.2) is 0 Å². The molecule has 3 N–H and O–H groups in total. The maximum atomic E-state index is 12.0. The van der Waals surface area contributed by atoms with E-state index in [-0.39, 0.29) is 6.61 Å². The molecule has 3 aromatic carbocycles. The van der Waals surface area contributed by atoms with Crippen molar-refractivity contribution in [2.24, 2.45) is 5.73 Å². The largest absolute Gasteiger partial charge is 0.465 e. The molecular formula is C21H20N2O4. The second-order valence-electron chi connectivity index (χ2n) is 5.99. The molecule has 0 atom stereocenters. The average Bonchev–Trinajstić information content (AvgIpc) is 2.71. The molecule has 0 saturated carbocycles. The molecule has 0 heterocycles. The summed E-state index contributed by atoms with van der Waals surface area (Å²) in [6.07, 6.45) is -0.570. The molecule has 0 aliphatic rings. The third-order valence-corrected chi connectivity index (χ3v) is 4.13. The molecule has 0 aliphatic carbocycles. The van der Waals surface area contributed by atoms with E-state index in [1.165, 1.54) is 7.11 Å². The van der Waals surface area contributed by atoms with Gasteiger partial charge in [-0.25, -0.2) is 9.59 Å². The zero-order valence-electron chi connectivity index (χ0n) is 14.9. The van der Waals surface area contributed by atoms with Crippen molar-refractivity contribution < 1.29 is 19.1 Å². The van der Waals surface area contributed by atoms with Gasteiger partial charge >= 0.3 is 12.1 Å². The van der Waals surface area contributed by atoms with Crippen LogP contribution in [0.1, 0.15) is 21.5 Å². The monoisotopic (exact) mass is 364 g/mol. The molecule has 0 saturated heterocycles. The predicted octanol–water partition coefficient (Wildman–Crippen LogP) is 3.83. The minimum absolute atomic E-state index is 0.153. The number of benzene rings is 3. The number of methoxy groups -OCH3 is 1. The highest BCUT2D eigenvalue weighted by Crippen LogP contribution is 2.19. The average molecular weight is 364 g/mol. The lowest BCUT2D eigenvalue weighted by molar-refractivity contribution is 0.0600. The number of hydrogen-bond acceptors (Lipinski definition) is 5. The molecule has 3 aromatic rings. The quantitative estimate of drug-likeness (QED) is 0.672. The summed E-state index contributed by atoms with van der Waals surface area (Å²) in [5, 5.41) is 4.78. The van der Waals surface area contributed by atoms with Crippen molar-refractivity contribution in [2.75, 3.05) is 12.4 Å². The molecule has 0 aliphatic heterocycles. The maximum absolute atomic E-state index is 12.0. The topological polar surface area (TPSA) is 90.6 Å². The Bertz CT molecular complexity index is 968. The van der Waals surface area contributed by atoms with Crippen LogP contribution in [-0.2, 0) is 22.6 Å². The summed E-state index contributed by atoms with van der Waals surface area (Å²) in [4.78, 5) is 23.4.